The molecule has 4 N–H and O–H groups in total. The van der Waals surface area contributed by atoms with Crippen molar-refractivity contribution in [1.82, 2.24) is 24.5 Å². The average molecular weight is 282 g/mol. The van der Waals surface area contributed by atoms with Crippen molar-refractivity contribution in [3.8, 4) is 5.95 Å². The fourth-order valence-electron chi connectivity index (χ4n) is 1.78. The largest absolute Gasteiger partial charge is 0.350 e. The van der Waals surface area contributed by atoms with Crippen molar-refractivity contribution in [3.63, 3.8) is 0 Å². The Balaban J connectivity index is 1.83. The van der Waals surface area contributed by atoms with E-state index in [4.69, 9.17) is 5.84 Å². The van der Waals surface area contributed by atoms with Gasteiger partial charge in [0.2, 0.25) is 17.8 Å². The third-order valence-corrected chi connectivity index (χ3v) is 2.78. The molecule has 3 aromatic rings. The predicted octanol–water partition coefficient (Wildman–Crippen LogP) is 0.955. The summed E-state index contributed by atoms with van der Waals surface area (Å²) in [4.78, 5) is 16.6. The number of hydrogen-bond acceptors (Lipinski definition) is 7. The first kappa shape index (κ1) is 13.0. The van der Waals surface area contributed by atoms with Gasteiger partial charge in [0.05, 0.1) is 0 Å². The van der Waals surface area contributed by atoms with E-state index in [1.54, 1.807) is 23.3 Å². The Morgan fingerprint density at radius 3 is 2.57 bits per heavy atom. The van der Waals surface area contributed by atoms with Gasteiger partial charge in [-0.1, -0.05) is 30.3 Å². The van der Waals surface area contributed by atoms with Crippen LogP contribution in [0.5, 0.6) is 0 Å². The second-order valence-electron chi connectivity index (χ2n) is 4.24. The number of rotatable bonds is 5. The molecule has 1 aromatic carbocycles. The van der Waals surface area contributed by atoms with Crippen LogP contribution in [0.1, 0.15) is 5.56 Å². The van der Waals surface area contributed by atoms with E-state index in [0.29, 0.717) is 18.4 Å². The first-order valence-electron chi connectivity index (χ1n) is 6.34. The number of nitrogens with one attached hydrogen (secondary N) is 2. The van der Waals surface area contributed by atoms with Gasteiger partial charge in [-0.05, 0) is 5.56 Å². The van der Waals surface area contributed by atoms with E-state index in [9.17, 15) is 0 Å². The molecule has 0 radical (unpaired) electrons. The number of anilines is 2. The Hall–Kier alpha value is -3.00. The molecule has 0 spiro atoms. The monoisotopic (exact) mass is 282 g/mol. The molecule has 0 aliphatic carbocycles. The van der Waals surface area contributed by atoms with Gasteiger partial charge in [0, 0.05) is 18.9 Å². The molecular formula is C13H14N8. The number of aromatic nitrogens is 5. The molecule has 0 saturated heterocycles. The molecule has 106 valence electrons. The lowest BCUT2D eigenvalue weighted by atomic mass is 10.2. The third kappa shape index (κ3) is 3.12. The second-order valence-corrected chi connectivity index (χ2v) is 4.24. The van der Waals surface area contributed by atoms with Crippen molar-refractivity contribution in [2.24, 2.45) is 5.84 Å². The van der Waals surface area contributed by atoms with Crippen LogP contribution in [0, 0.1) is 0 Å². The van der Waals surface area contributed by atoms with Gasteiger partial charge in [0.15, 0.2) is 0 Å². The summed E-state index contributed by atoms with van der Waals surface area (Å²) in [6, 6.07) is 9.97. The molecule has 0 unspecified atom stereocenters. The molecule has 2 heterocycles. The third-order valence-electron chi connectivity index (χ3n) is 2.78. The van der Waals surface area contributed by atoms with Gasteiger partial charge in [-0.3, -0.25) is 9.99 Å². The highest BCUT2D eigenvalue weighted by molar-refractivity contribution is 5.37. The van der Waals surface area contributed by atoms with Crippen molar-refractivity contribution in [1.29, 1.82) is 0 Å². The van der Waals surface area contributed by atoms with Gasteiger partial charge in [-0.2, -0.15) is 15.0 Å². The van der Waals surface area contributed by atoms with E-state index < -0.39 is 0 Å². The Bertz CT molecular complexity index is 695. The number of nitrogen functional groups attached to an aromatic ring is 1. The summed E-state index contributed by atoms with van der Waals surface area (Å²) in [5.74, 6) is 6.55. The zero-order chi connectivity index (χ0) is 14.5. The van der Waals surface area contributed by atoms with Crippen LogP contribution in [-0.2, 0) is 6.54 Å². The summed E-state index contributed by atoms with van der Waals surface area (Å²) in [6.07, 6.45) is 5.00. The van der Waals surface area contributed by atoms with E-state index >= 15 is 0 Å². The van der Waals surface area contributed by atoms with Crippen LogP contribution in [0.25, 0.3) is 5.95 Å². The molecule has 0 amide bonds. The highest BCUT2D eigenvalue weighted by Crippen LogP contribution is 2.09. The summed E-state index contributed by atoms with van der Waals surface area (Å²) in [5, 5.41) is 3.15. The lowest BCUT2D eigenvalue weighted by molar-refractivity contribution is 0.888. The van der Waals surface area contributed by atoms with Crippen LogP contribution in [0.2, 0.25) is 0 Å². The van der Waals surface area contributed by atoms with Crippen molar-refractivity contribution in [3.05, 3.63) is 54.6 Å². The molecule has 2 aromatic heterocycles. The van der Waals surface area contributed by atoms with Crippen LogP contribution < -0.4 is 16.6 Å². The molecule has 3 rings (SSSR count). The minimum atomic E-state index is 0.282. The van der Waals surface area contributed by atoms with Crippen LogP contribution in [0.3, 0.4) is 0 Å². The summed E-state index contributed by atoms with van der Waals surface area (Å²) in [7, 11) is 0. The smallest absolute Gasteiger partial charge is 0.243 e. The molecular weight excluding hydrogens is 268 g/mol. The Labute approximate surface area is 121 Å². The van der Waals surface area contributed by atoms with Crippen molar-refractivity contribution >= 4 is 11.9 Å². The first-order chi connectivity index (χ1) is 10.3. The maximum absolute atomic E-state index is 5.39. The number of imidazole rings is 1. The SMILES string of the molecule is NNc1nc(NCc2ccccc2)nc(-n2ccnc2)n1. The minimum absolute atomic E-state index is 0.282. The number of benzene rings is 1. The lowest BCUT2D eigenvalue weighted by Gasteiger charge is -2.08. The Kier molecular flexibility index (Phi) is 3.70. The Morgan fingerprint density at radius 2 is 1.86 bits per heavy atom. The molecule has 0 fully saturated rings. The number of hydrogen-bond donors (Lipinski definition) is 3. The molecule has 0 bridgehead atoms. The number of nitrogens with two attached hydrogens (primary N) is 1. The lowest BCUT2D eigenvalue weighted by Crippen LogP contribution is -2.15. The summed E-state index contributed by atoms with van der Waals surface area (Å²) < 4.78 is 1.68. The van der Waals surface area contributed by atoms with Crippen molar-refractivity contribution in [2.75, 3.05) is 10.7 Å². The number of nitrogens with zero attached hydrogens (tertiary/aromatic N) is 5. The van der Waals surface area contributed by atoms with Crippen LogP contribution in [-0.4, -0.2) is 24.5 Å². The van der Waals surface area contributed by atoms with E-state index in [2.05, 4.69) is 30.7 Å². The summed E-state index contributed by atoms with van der Waals surface area (Å²) in [5.41, 5.74) is 3.56. The fraction of sp³-hybridized carbons (Fsp3) is 0.0769. The highest BCUT2D eigenvalue weighted by atomic mass is 15.4. The van der Waals surface area contributed by atoms with Gasteiger partial charge < -0.3 is 5.32 Å². The van der Waals surface area contributed by atoms with Gasteiger partial charge >= 0.3 is 0 Å². The average Bonchev–Trinajstić information content (AvgIpc) is 3.08. The van der Waals surface area contributed by atoms with Crippen LogP contribution in [0.4, 0.5) is 11.9 Å². The highest BCUT2D eigenvalue weighted by Gasteiger charge is 2.07. The van der Waals surface area contributed by atoms with Crippen molar-refractivity contribution < 1.29 is 0 Å². The molecule has 21 heavy (non-hydrogen) atoms. The second kappa shape index (κ2) is 5.97. The van der Waals surface area contributed by atoms with Crippen LogP contribution >= 0.6 is 0 Å². The van der Waals surface area contributed by atoms with Crippen molar-refractivity contribution in [2.45, 2.75) is 6.54 Å². The van der Waals surface area contributed by atoms with Gasteiger partial charge in [-0.15, -0.1) is 0 Å². The fourth-order valence-corrected chi connectivity index (χ4v) is 1.78. The maximum atomic E-state index is 5.39. The van der Waals surface area contributed by atoms with E-state index in [1.807, 2.05) is 30.3 Å². The zero-order valence-electron chi connectivity index (χ0n) is 11.1. The minimum Gasteiger partial charge on any atom is -0.350 e. The van der Waals surface area contributed by atoms with Crippen LogP contribution in [0.15, 0.2) is 49.1 Å². The topological polar surface area (TPSA) is 107 Å². The predicted molar refractivity (Wildman–Crippen MR) is 78.5 cm³/mol. The van der Waals surface area contributed by atoms with Gasteiger partial charge in [-0.25, -0.2) is 10.8 Å². The maximum Gasteiger partial charge on any atom is 0.243 e. The number of hydrazine groups is 1. The van der Waals surface area contributed by atoms with E-state index in [1.165, 1.54) is 0 Å². The standard InChI is InChI=1S/C13H14N8/c14-20-12-17-11(16-8-10-4-2-1-3-5-10)18-13(19-12)21-7-6-15-9-21/h1-7,9H,8,14H2,(H2,16,17,18,19,20). The molecule has 0 saturated carbocycles. The normalized spacial score (nSPS) is 10.3. The van der Waals surface area contributed by atoms with Gasteiger partial charge in [0.25, 0.3) is 0 Å². The van der Waals surface area contributed by atoms with E-state index in [-0.39, 0.29) is 5.95 Å². The summed E-state index contributed by atoms with van der Waals surface area (Å²) >= 11 is 0. The molecule has 0 atom stereocenters. The summed E-state index contributed by atoms with van der Waals surface area (Å²) in [6.45, 7) is 0.609. The quantitative estimate of drug-likeness (QED) is 0.472. The molecule has 0 aliphatic rings. The van der Waals surface area contributed by atoms with E-state index in [0.717, 1.165) is 5.56 Å². The molecule has 0 aliphatic heterocycles. The molecule has 8 nitrogen and oxygen atoms in total. The Morgan fingerprint density at radius 1 is 1.05 bits per heavy atom. The molecule has 8 heteroatoms. The first-order valence-corrected chi connectivity index (χ1v) is 6.34. The zero-order valence-corrected chi connectivity index (χ0v) is 11.1. The van der Waals surface area contributed by atoms with Gasteiger partial charge in [0.1, 0.15) is 6.33 Å².